The minimum absolute atomic E-state index is 0.107. The Hall–Kier alpha value is -1.92. The number of primary amides is 1. The third-order valence-corrected chi connectivity index (χ3v) is 4.47. The van der Waals surface area contributed by atoms with Crippen molar-refractivity contribution in [2.45, 2.75) is 24.9 Å². The molecule has 2 fully saturated rings. The van der Waals surface area contributed by atoms with Crippen LogP contribution in [-0.2, 0) is 9.59 Å². The van der Waals surface area contributed by atoms with E-state index in [1.54, 1.807) is 0 Å². The Bertz CT molecular complexity index is 551. The van der Waals surface area contributed by atoms with Crippen molar-refractivity contribution in [2.75, 3.05) is 32.7 Å². The molecule has 1 aromatic rings. The molecule has 1 aliphatic heterocycles. The van der Waals surface area contributed by atoms with Gasteiger partial charge in [-0.3, -0.25) is 19.4 Å². The van der Waals surface area contributed by atoms with E-state index in [-0.39, 0.29) is 11.8 Å². The summed E-state index contributed by atoms with van der Waals surface area (Å²) in [6, 6.07) is 9.65. The highest BCUT2D eigenvalue weighted by atomic mass is 16.2. The Labute approximate surface area is 136 Å². The maximum atomic E-state index is 11.9. The SMILES string of the molecule is NC(=O)C(c1ccccc1)N1CCN(CC(=O)NC2CC2)CC1. The van der Waals surface area contributed by atoms with Gasteiger partial charge in [-0.2, -0.15) is 0 Å². The first-order valence-electron chi connectivity index (χ1n) is 8.23. The van der Waals surface area contributed by atoms with E-state index in [1.165, 1.54) is 0 Å². The molecule has 1 aliphatic carbocycles. The highest BCUT2D eigenvalue weighted by Gasteiger charge is 2.30. The van der Waals surface area contributed by atoms with Crippen LogP contribution in [0.15, 0.2) is 30.3 Å². The van der Waals surface area contributed by atoms with Gasteiger partial charge in [0.25, 0.3) is 0 Å². The van der Waals surface area contributed by atoms with Crippen LogP contribution in [0.4, 0.5) is 0 Å². The van der Waals surface area contributed by atoms with Crippen LogP contribution in [0.5, 0.6) is 0 Å². The third-order valence-electron chi connectivity index (χ3n) is 4.47. The maximum absolute atomic E-state index is 11.9. The van der Waals surface area contributed by atoms with E-state index < -0.39 is 6.04 Å². The summed E-state index contributed by atoms with van der Waals surface area (Å²) in [6.45, 7) is 3.46. The molecule has 23 heavy (non-hydrogen) atoms. The van der Waals surface area contributed by atoms with Gasteiger partial charge in [-0.05, 0) is 18.4 Å². The molecular formula is C17H24N4O2. The largest absolute Gasteiger partial charge is 0.368 e. The zero-order valence-corrected chi connectivity index (χ0v) is 13.3. The molecule has 0 aromatic heterocycles. The monoisotopic (exact) mass is 316 g/mol. The molecule has 1 heterocycles. The highest BCUT2D eigenvalue weighted by molar-refractivity contribution is 5.81. The lowest BCUT2D eigenvalue weighted by atomic mass is 10.0. The molecule has 0 radical (unpaired) electrons. The standard InChI is InChI=1S/C17H24N4O2/c18-17(23)16(13-4-2-1-3-5-13)21-10-8-20(9-11-21)12-15(22)19-14-6-7-14/h1-5,14,16H,6-12H2,(H2,18,23)(H,19,22). The van der Waals surface area contributed by atoms with Crippen LogP contribution in [0.3, 0.4) is 0 Å². The first-order valence-corrected chi connectivity index (χ1v) is 8.23. The van der Waals surface area contributed by atoms with Gasteiger partial charge in [-0.25, -0.2) is 0 Å². The van der Waals surface area contributed by atoms with Crippen molar-refractivity contribution >= 4 is 11.8 Å². The Kier molecular flexibility index (Phi) is 4.93. The predicted molar refractivity (Wildman–Crippen MR) is 87.6 cm³/mol. The summed E-state index contributed by atoms with van der Waals surface area (Å²) in [5.74, 6) is -0.216. The number of nitrogens with one attached hydrogen (secondary N) is 1. The normalized spacial score (nSPS) is 20.9. The number of hydrogen-bond donors (Lipinski definition) is 2. The fourth-order valence-corrected chi connectivity index (χ4v) is 3.07. The first kappa shape index (κ1) is 16.0. The summed E-state index contributed by atoms with van der Waals surface area (Å²) in [5.41, 5.74) is 6.55. The molecule has 124 valence electrons. The Balaban J connectivity index is 1.54. The molecular weight excluding hydrogens is 292 g/mol. The van der Waals surface area contributed by atoms with Gasteiger partial charge in [0, 0.05) is 32.2 Å². The molecule has 6 heteroatoms. The van der Waals surface area contributed by atoms with Gasteiger partial charge in [0.1, 0.15) is 6.04 Å². The number of benzene rings is 1. The molecule has 1 atom stereocenters. The van der Waals surface area contributed by atoms with E-state index in [0.717, 1.165) is 44.6 Å². The molecule has 3 N–H and O–H groups in total. The lowest BCUT2D eigenvalue weighted by Gasteiger charge is -2.38. The fourth-order valence-electron chi connectivity index (χ4n) is 3.07. The van der Waals surface area contributed by atoms with Gasteiger partial charge in [0.15, 0.2) is 0 Å². The highest BCUT2D eigenvalue weighted by Crippen LogP contribution is 2.22. The summed E-state index contributed by atoms with van der Waals surface area (Å²) in [6.07, 6.45) is 2.22. The Morgan fingerprint density at radius 1 is 1.13 bits per heavy atom. The van der Waals surface area contributed by atoms with Crippen molar-refractivity contribution in [3.05, 3.63) is 35.9 Å². The number of amides is 2. The number of piperazine rings is 1. The van der Waals surface area contributed by atoms with Crippen molar-refractivity contribution in [3.63, 3.8) is 0 Å². The van der Waals surface area contributed by atoms with E-state index in [0.29, 0.717) is 12.6 Å². The van der Waals surface area contributed by atoms with Crippen LogP contribution in [-0.4, -0.2) is 60.4 Å². The second-order valence-electron chi connectivity index (χ2n) is 6.37. The Morgan fingerprint density at radius 2 is 1.78 bits per heavy atom. The van der Waals surface area contributed by atoms with Crippen LogP contribution in [0.1, 0.15) is 24.4 Å². The van der Waals surface area contributed by atoms with Crippen molar-refractivity contribution in [3.8, 4) is 0 Å². The summed E-state index contributed by atoms with van der Waals surface area (Å²) < 4.78 is 0. The van der Waals surface area contributed by atoms with Gasteiger partial charge in [0.05, 0.1) is 6.54 Å². The van der Waals surface area contributed by atoms with Crippen LogP contribution in [0.2, 0.25) is 0 Å². The van der Waals surface area contributed by atoms with E-state index in [2.05, 4.69) is 15.1 Å². The summed E-state index contributed by atoms with van der Waals surface area (Å²) >= 11 is 0. The number of hydrogen-bond acceptors (Lipinski definition) is 4. The fraction of sp³-hybridized carbons (Fsp3) is 0.529. The number of carbonyl (C=O) groups excluding carboxylic acids is 2. The van der Waals surface area contributed by atoms with Crippen LogP contribution in [0.25, 0.3) is 0 Å². The quantitative estimate of drug-likeness (QED) is 0.781. The molecule has 0 spiro atoms. The van der Waals surface area contributed by atoms with Crippen molar-refractivity contribution in [1.82, 2.24) is 15.1 Å². The van der Waals surface area contributed by atoms with Gasteiger partial charge >= 0.3 is 0 Å². The average molecular weight is 316 g/mol. The molecule has 0 bridgehead atoms. The minimum atomic E-state index is -0.390. The van der Waals surface area contributed by atoms with Crippen molar-refractivity contribution < 1.29 is 9.59 Å². The van der Waals surface area contributed by atoms with Crippen molar-refractivity contribution in [1.29, 1.82) is 0 Å². The van der Waals surface area contributed by atoms with Crippen LogP contribution >= 0.6 is 0 Å². The molecule has 1 saturated heterocycles. The molecule has 1 unspecified atom stereocenters. The maximum Gasteiger partial charge on any atom is 0.239 e. The van der Waals surface area contributed by atoms with Gasteiger partial charge < -0.3 is 11.1 Å². The topological polar surface area (TPSA) is 78.7 Å². The first-order chi connectivity index (χ1) is 11.1. The molecule has 6 nitrogen and oxygen atoms in total. The second kappa shape index (κ2) is 7.10. The number of nitrogens with zero attached hydrogens (tertiary/aromatic N) is 2. The van der Waals surface area contributed by atoms with E-state index in [1.807, 2.05) is 30.3 Å². The minimum Gasteiger partial charge on any atom is -0.368 e. The number of carbonyl (C=O) groups is 2. The molecule has 3 rings (SSSR count). The van der Waals surface area contributed by atoms with Crippen LogP contribution < -0.4 is 11.1 Å². The summed E-state index contributed by atoms with van der Waals surface area (Å²) in [4.78, 5) is 28.0. The number of nitrogens with two attached hydrogens (primary N) is 1. The molecule has 1 aromatic carbocycles. The summed E-state index contributed by atoms with van der Waals surface area (Å²) in [5, 5.41) is 3.01. The zero-order chi connectivity index (χ0) is 16.2. The van der Waals surface area contributed by atoms with Gasteiger partial charge in [-0.1, -0.05) is 30.3 Å². The smallest absolute Gasteiger partial charge is 0.239 e. The van der Waals surface area contributed by atoms with E-state index >= 15 is 0 Å². The lowest BCUT2D eigenvalue weighted by molar-refractivity contribution is -0.126. The Morgan fingerprint density at radius 3 is 2.35 bits per heavy atom. The predicted octanol–water partition coefficient (Wildman–Crippen LogP) is 0.109. The average Bonchev–Trinajstić information content (AvgIpc) is 3.34. The van der Waals surface area contributed by atoms with Gasteiger partial charge in [-0.15, -0.1) is 0 Å². The van der Waals surface area contributed by atoms with Crippen molar-refractivity contribution in [2.24, 2.45) is 5.73 Å². The third kappa shape index (κ3) is 4.30. The number of rotatable bonds is 6. The van der Waals surface area contributed by atoms with Gasteiger partial charge in [0.2, 0.25) is 11.8 Å². The second-order valence-corrected chi connectivity index (χ2v) is 6.37. The molecule has 1 saturated carbocycles. The lowest BCUT2D eigenvalue weighted by Crippen LogP contribution is -2.52. The molecule has 2 aliphatic rings. The van der Waals surface area contributed by atoms with E-state index in [4.69, 9.17) is 5.73 Å². The van der Waals surface area contributed by atoms with E-state index in [9.17, 15) is 9.59 Å². The zero-order valence-electron chi connectivity index (χ0n) is 13.3. The summed E-state index contributed by atoms with van der Waals surface area (Å²) in [7, 11) is 0. The molecule has 2 amide bonds. The van der Waals surface area contributed by atoms with Crippen LogP contribution in [0, 0.1) is 0 Å².